The summed E-state index contributed by atoms with van der Waals surface area (Å²) >= 11 is 13.3. The van der Waals surface area contributed by atoms with Gasteiger partial charge in [-0.05, 0) is 23.6 Å². The van der Waals surface area contributed by atoms with E-state index in [0.29, 0.717) is 0 Å². The van der Waals surface area contributed by atoms with Crippen molar-refractivity contribution in [3.8, 4) is 0 Å². The number of halogens is 2. The van der Waals surface area contributed by atoms with Crippen LogP contribution in [0, 0.1) is 0 Å². The van der Waals surface area contributed by atoms with Crippen molar-refractivity contribution in [2.75, 3.05) is 6.54 Å². The van der Waals surface area contributed by atoms with Crippen LogP contribution in [0.15, 0.2) is 35.7 Å². The SMILES string of the molecule is O=C(NCC(O)c1cccs1)c1c(Cl)cccc1Cl. The van der Waals surface area contributed by atoms with E-state index in [-0.39, 0.29) is 22.2 Å². The first-order valence-corrected chi connectivity index (χ1v) is 7.17. The summed E-state index contributed by atoms with van der Waals surface area (Å²) < 4.78 is 0. The maximum atomic E-state index is 12.0. The Morgan fingerprint density at radius 3 is 2.53 bits per heavy atom. The molecule has 100 valence electrons. The molecule has 2 N–H and O–H groups in total. The Morgan fingerprint density at radius 2 is 1.95 bits per heavy atom. The Kier molecular flexibility index (Phi) is 4.82. The number of carbonyl (C=O) groups is 1. The number of rotatable bonds is 4. The minimum atomic E-state index is -0.731. The summed E-state index contributed by atoms with van der Waals surface area (Å²) in [7, 11) is 0. The van der Waals surface area contributed by atoms with Gasteiger partial charge < -0.3 is 10.4 Å². The van der Waals surface area contributed by atoms with Crippen molar-refractivity contribution < 1.29 is 9.90 Å². The quantitative estimate of drug-likeness (QED) is 0.907. The number of carbonyl (C=O) groups excluding carboxylic acids is 1. The largest absolute Gasteiger partial charge is 0.386 e. The highest BCUT2D eigenvalue weighted by Gasteiger charge is 2.16. The van der Waals surface area contributed by atoms with E-state index in [4.69, 9.17) is 23.2 Å². The standard InChI is InChI=1S/C13H11Cl2NO2S/c14-8-3-1-4-9(15)12(8)13(18)16-7-10(17)11-5-2-6-19-11/h1-6,10,17H,7H2,(H,16,18). The Morgan fingerprint density at radius 1 is 1.26 bits per heavy atom. The molecule has 0 aliphatic heterocycles. The second-order valence-corrected chi connectivity index (χ2v) is 5.63. The molecule has 0 bridgehead atoms. The maximum Gasteiger partial charge on any atom is 0.254 e. The first-order chi connectivity index (χ1) is 9.09. The molecule has 0 radical (unpaired) electrons. The van der Waals surface area contributed by atoms with Crippen LogP contribution in [-0.2, 0) is 0 Å². The number of benzene rings is 1. The molecule has 0 aliphatic rings. The summed E-state index contributed by atoms with van der Waals surface area (Å²) in [6, 6.07) is 8.51. The van der Waals surface area contributed by atoms with Gasteiger partial charge in [0.15, 0.2) is 0 Å². The highest BCUT2D eigenvalue weighted by atomic mass is 35.5. The lowest BCUT2D eigenvalue weighted by Gasteiger charge is -2.11. The molecule has 2 aromatic rings. The van der Waals surface area contributed by atoms with Crippen LogP contribution < -0.4 is 5.32 Å². The fourth-order valence-electron chi connectivity index (χ4n) is 1.57. The topological polar surface area (TPSA) is 49.3 Å². The third-order valence-corrected chi connectivity index (χ3v) is 4.12. The van der Waals surface area contributed by atoms with Gasteiger partial charge in [0.05, 0.1) is 15.6 Å². The molecule has 0 spiro atoms. The van der Waals surface area contributed by atoms with Crippen molar-refractivity contribution in [1.82, 2.24) is 5.32 Å². The average Bonchev–Trinajstić information content (AvgIpc) is 2.89. The summed E-state index contributed by atoms with van der Waals surface area (Å²) in [6.45, 7) is 0.112. The number of hydrogen-bond acceptors (Lipinski definition) is 3. The molecule has 1 amide bonds. The lowest BCUT2D eigenvalue weighted by molar-refractivity contribution is 0.0918. The second-order valence-electron chi connectivity index (χ2n) is 3.84. The van der Waals surface area contributed by atoms with Crippen LogP contribution in [0.1, 0.15) is 21.3 Å². The van der Waals surface area contributed by atoms with Crippen molar-refractivity contribution in [3.05, 3.63) is 56.2 Å². The van der Waals surface area contributed by atoms with E-state index < -0.39 is 12.0 Å². The van der Waals surface area contributed by atoms with Crippen molar-refractivity contribution in [1.29, 1.82) is 0 Å². The predicted octanol–water partition coefficient (Wildman–Crippen LogP) is 3.52. The number of nitrogens with one attached hydrogen (secondary N) is 1. The Hall–Kier alpha value is -1.07. The van der Waals surface area contributed by atoms with Crippen molar-refractivity contribution in [2.24, 2.45) is 0 Å². The molecule has 19 heavy (non-hydrogen) atoms. The molecule has 1 heterocycles. The zero-order chi connectivity index (χ0) is 13.8. The molecule has 0 saturated heterocycles. The van der Waals surface area contributed by atoms with E-state index in [1.54, 1.807) is 18.2 Å². The first kappa shape index (κ1) is 14.3. The maximum absolute atomic E-state index is 12.0. The van der Waals surface area contributed by atoms with Gasteiger partial charge in [0.25, 0.3) is 5.91 Å². The van der Waals surface area contributed by atoms with Gasteiger partial charge in [0.1, 0.15) is 6.10 Å². The van der Waals surface area contributed by atoms with Crippen LogP contribution in [0.5, 0.6) is 0 Å². The minimum absolute atomic E-state index is 0.112. The van der Waals surface area contributed by atoms with Crippen LogP contribution in [-0.4, -0.2) is 17.6 Å². The molecule has 1 aromatic heterocycles. The molecule has 6 heteroatoms. The van der Waals surface area contributed by atoms with Gasteiger partial charge >= 0.3 is 0 Å². The van der Waals surface area contributed by atoms with Crippen LogP contribution in [0.2, 0.25) is 10.0 Å². The smallest absolute Gasteiger partial charge is 0.254 e. The number of amides is 1. The van der Waals surface area contributed by atoms with Gasteiger partial charge in [0.2, 0.25) is 0 Å². The Bertz CT molecular complexity index is 552. The van der Waals surface area contributed by atoms with Crippen molar-refractivity contribution >= 4 is 40.4 Å². The summed E-state index contributed by atoms with van der Waals surface area (Å²) in [5, 5.41) is 14.9. The van der Waals surface area contributed by atoms with E-state index >= 15 is 0 Å². The fourth-order valence-corrected chi connectivity index (χ4v) is 2.85. The molecular formula is C13H11Cl2NO2S. The number of aliphatic hydroxyl groups excluding tert-OH is 1. The third-order valence-electron chi connectivity index (χ3n) is 2.52. The summed E-state index contributed by atoms with van der Waals surface area (Å²) in [4.78, 5) is 12.8. The van der Waals surface area contributed by atoms with Gasteiger partial charge in [-0.3, -0.25) is 4.79 Å². The Balaban J connectivity index is 2.02. The normalized spacial score (nSPS) is 12.2. The Labute approximate surface area is 124 Å². The highest BCUT2D eigenvalue weighted by Crippen LogP contribution is 2.24. The number of thiophene rings is 1. The minimum Gasteiger partial charge on any atom is -0.386 e. The summed E-state index contributed by atoms with van der Waals surface area (Å²) in [6.07, 6.45) is -0.731. The average molecular weight is 316 g/mol. The molecule has 1 aromatic carbocycles. The third kappa shape index (κ3) is 3.48. The number of aliphatic hydroxyl groups is 1. The van der Waals surface area contributed by atoms with Crippen molar-refractivity contribution in [2.45, 2.75) is 6.10 Å². The molecule has 0 aliphatic carbocycles. The van der Waals surface area contributed by atoms with Gasteiger partial charge in [-0.25, -0.2) is 0 Å². The van der Waals surface area contributed by atoms with Crippen LogP contribution >= 0.6 is 34.5 Å². The highest BCUT2D eigenvalue weighted by molar-refractivity contribution is 7.10. The molecule has 1 atom stereocenters. The van der Waals surface area contributed by atoms with Crippen LogP contribution in [0.25, 0.3) is 0 Å². The molecule has 0 saturated carbocycles. The molecule has 3 nitrogen and oxygen atoms in total. The van der Waals surface area contributed by atoms with E-state index in [1.807, 2.05) is 17.5 Å². The van der Waals surface area contributed by atoms with E-state index in [9.17, 15) is 9.90 Å². The van der Waals surface area contributed by atoms with Gasteiger partial charge in [-0.1, -0.05) is 35.3 Å². The monoisotopic (exact) mass is 315 g/mol. The summed E-state index contributed by atoms with van der Waals surface area (Å²) in [5.41, 5.74) is 0.226. The molecule has 0 fully saturated rings. The van der Waals surface area contributed by atoms with E-state index in [0.717, 1.165) is 4.88 Å². The van der Waals surface area contributed by atoms with Gasteiger partial charge in [-0.15, -0.1) is 11.3 Å². The molecule has 2 rings (SSSR count). The zero-order valence-corrected chi connectivity index (χ0v) is 12.1. The van der Waals surface area contributed by atoms with Crippen molar-refractivity contribution in [3.63, 3.8) is 0 Å². The van der Waals surface area contributed by atoms with E-state index in [2.05, 4.69) is 5.32 Å². The molecule has 1 unspecified atom stereocenters. The zero-order valence-electron chi connectivity index (χ0n) is 9.77. The molecular weight excluding hydrogens is 305 g/mol. The van der Waals surface area contributed by atoms with Crippen LogP contribution in [0.3, 0.4) is 0 Å². The predicted molar refractivity (Wildman–Crippen MR) is 78.1 cm³/mol. The first-order valence-electron chi connectivity index (χ1n) is 5.53. The lowest BCUT2D eigenvalue weighted by atomic mass is 10.2. The van der Waals surface area contributed by atoms with Gasteiger partial charge in [-0.2, -0.15) is 0 Å². The second kappa shape index (κ2) is 6.39. The van der Waals surface area contributed by atoms with Crippen LogP contribution in [0.4, 0.5) is 0 Å². The lowest BCUT2D eigenvalue weighted by Crippen LogP contribution is -2.28. The summed E-state index contributed by atoms with van der Waals surface area (Å²) in [5.74, 6) is -0.397. The fraction of sp³-hybridized carbons (Fsp3) is 0.154. The number of hydrogen-bond donors (Lipinski definition) is 2. The van der Waals surface area contributed by atoms with E-state index in [1.165, 1.54) is 11.3 Å². The van der Waals surface area contributed by atoms with Gasteiger partial charge in [0, 0.05) is 11.4 Å².